The molecule has 2 N–H and O–H groups in total. The van der Waals surface area contributed by atoms with E-state index in [0.29, 0.717) is 23.6 Å². The topological polar surface area (TPSA) is 73.9 Å². The fourth-order valence-corrected chi connectivity index (χ4v) is 5.14. The van der Waals surface area contributed by atoms with Crippen molar-refractivity contribution in [2.45, 2.75) is 38.6 Å². The number of nitrogens with zero attached hydrogens (tertiary/aromatic N) is 3. The van der Waals surface area contributed by atoms with Crippen LogP contribution in [0.15, 0.2) is 30.5 Å². The Bertz CT molecular complexity index is 1050. The number of amides is 1. The summed E-state index contributed by atoms with van der Waals surface area (Å²) < 4.78 is 0. The largest absolute Gasteiger partial charge is 0.361 e. The number of hydrogen-bond acceptors (Lipinski definition) is 4. The molecule has 3 atom stereocenters. The molecule has 1 aromatic carbocycles. The van der Waals surface area contributed by atoms with Crippen LogP contribution >= 0.6 is 0 Å². The molecule has 6 heteroatoms. The average molecular weight is 375 g/mol. The summed E-state index contributed by atoms with van der Waals surface area (Å²) in [4.78, 5) is 27.5. The molecule has 3 aromatic rings. The van der Waals surface area contributed by atoms with E-state index in [-0.39, 0.29) is 11.8 Å². The Kier molecular flexibility index (Phi) is 3.98. The molecule has 3 heterocycles. The fraction of sp³-hybridized carbons (Fsp3) is 0.409. The number of benzene rings is 1. The lowest BCUT2D eigenvalue weighted by Gasteiger charge is -2.45. The van der Waals surface area contributed by atoms with Crippen LogP contribution in [0.2, 0.25) is 0 Å². The molecule has 5 rings (SSSR count). The fourth-order valence-electron chi connectivity index (χ4n) is 5.14. The molecule has 28 heavy (non-hydrogen) atoms. The second kappa shape index (κ2) is 6.41. The van der Waals surface area contributed by atoms with Gasteiger partial charge >= 0.3 is 0 Å². The Balaban J connectivity index is 1.43. The first-order valence-electron chi connectivity index (χ1n) is 9.92. The molecule has 1 unspecified atom stereocenters. The monoisotopic (exact) mass is 375 g/mol. The molecule has 2 aromatic heterocycles. The van der Waals surface area contributed by atoms with E-state index in [1.165, 1.54) is 22.0 Å². The first-order valence-corrected chi connectivity index (χ1v) is 9.92. The van der Waals surface area contributed by atoms with Gasteiger partial charge < -0.3 is 15.2 Å². The molecule has 0 spiro atoms. The number of likely N-dealkylation sites (N-methyl/N-ethyl adjacent to an activating group) is 1. The summed E-state index contributed by atoms with van der Waals surface area (Å²) in [6.45, 7) is 4.53. The molecule has 1 saturated heterocycles. The number of hydrogen-bond donors (Lipinski definition) is 2. The Morgan fingerprint density at radius 3 is 2.96 bits per heavy atom. The molecule has 1 fully saturated rings. The summed E-state index contributed by atoms with van der Waals surface area (Å²) in [5.41, 5.74) is 4.84. The number of aromatic nitrogens is 3. The van der Waals surface area contributed by atoms with E-state index in [1.807, 2.05) is 19.9 Å². The molecule has 144 valence electrons. The smallest absolute Gasteiger partial charge is 0.229 e. The van der Waals surface area contributed by atoms with E-state index in [1.54, 1.807) is 0 Å². The van der Waals surface area contributed by atoms with Gasteiger partial charge in [-0.05, 0) is 50.9 Å². The molecule has 1 aliphatic carbocycles. The molecule has 1 aliphatic heterocycles. The number of aromatic amines is 1. The van der Waals surface area contributed by atoms with Crippen LogP contribution in [0.5, 0.6) is 0 Å². The number of carbonyl (C=O) groups excluding carboxylic acids is 1. The van der Waals surface area contributed by atoms with Gasteiger partial charge in [0.05, 0.1) is 5.92 Å². The molecule has 0 bridgehead atoms. The van der Waals surface area contributed by atoms with Crippen LogP contribution in [-0.2, 0) is 11.2 Å². The van der Waals surface area contributed by atoms with E-state index >= 15 is 0 Å². The Hall–Kier alpha value is -2.73. The number of anilines is 1. The highest BCUT2D eigenvalue weighted by molar-refractivity contribution is 5.92. The molecular weight excluding hydrogens is 350 g/mol. The van der Waals surface area contributed by atoms with Crippen LogP contribution in [0.4, 0.5) is 5.82 Å². The Morgan fingerprint density at radius 2 is 2.14 bits per heavy atom. The summed E-state index contributed by atoms with van der Waals surface area (Å²) in [6, 6.07) is 8.77. The zero-order chi connectivity index (χ0) is 19.4. The van der Waals surface area contributed by atoms with E-state index in [4.69, 9.17) is 0 Å². The van der Waals surface area contributed by atoms with Crippen molar-refractivity contribution in [1.82, 2.24) is 19.9 Å². The van der Waals surface area contributed by atoms with Crippen molar-refractivity contribution >= 4 is 22.6 Å². The van der Waals surface area contributed by atoms with Crippen LogP contribution in [0.3, 0.4) is 0 Å². The average Bonchev–Trinajstić information content (AvgIpc) is 3.06. The lowest BCUT2D eigenvalue weighted by Crippen LogP contribution is -2.50. The molecule has 1 amide bonds. The van der Waals surface area contributed by atoms with Crippen LogP contribution in [0.25, 0.3) is 10.9 Å². The zero-order valence-corrected chi connectivity index (χ0v) is 16.5. The minimum atomic E-state index is -0.0578. The summed E-state index contributed by atoms with van der Waals surface area (Å²) in [7, 11) is 2.15. The van der Waals surface area contributed by atoms with E-state index in [2.05, 4.69) is 56.6 Å². The van der Waals surface area contributed by atoms with Crippen molar-refractivity contribution < 1.29 is 4.79 Å². The first-order chi connectivity index (χ1) is 13.5. The van der Waals surface area contributed by atoms with Crippen LogP contribution < -0.4 is 5.32 Å². The number of nitrogens with one attached hydrogen (secondary N) is 2. The molecule has 0 saturated carbocycles. The van der Waals surface area contributed by atoms with Gasteiger partial charge in [0.1, 0.15) is 11.6 Å². The van der Waals surface area contributed by atoms with Crippen molar-refractivity contribution in [3.63, 3.8) is 0 Å². The first kappa shape index (κ1) is 17.4. The van der Waals surface area contributed by atoms with Crippen LogP contribution in [0, 0.1) is 19.8 Å². The van der Waals surface area contributed by atoms with Crippen molar-refractivity contribution in [2.24, 2.45) is 5.92 Å². The van der Waals surface area contributed by atoms with Gasteiger partial charge in [-0.25, -0.2) is 9.97 Å². The van der Waals surface area contributed by atoms with Gasteiger partial charge in [-0.2, -0.15) is 0 Å². The third-order valence-electron chi connectivity index (χ3n) is 6.31. The molecule has 6 nitrogen and oxygen atoms in total. The van der Waals surface area contributed by atoms with Gasteiger partial charge in [0.15, 0.2) is 0 Å². The highest BCUT2D eigenvalue weighted by Crippen LogP contribution is 2.44. The molecule has 2 aliphatic rings. The molecular formula is C22H25N5O. The second-order valence-electron chi connectivity index (χ2n) is 8.26. The van der Waals surface area contributed by atoms with Crippen LogP contribution in [-0.4, -0.2) is 45.4 Å². The number of aryl methyl sites for hydroxylation is 2. The zero-order valence-electron chi connectivity index (χ0n) is 16.5. The van der Waals surface area contributed by atoms with Gasteiger partial charge in [-0.3, -0.25) is 4.79 Å². The van der Waals surface area contributed by atoms with Crippen molar-refractivity contribution in [3.05, 3.63) is 53.1 Å². The number of fused-ring (bicyclic) bond motifs is 2. The lowest BCUT2D eigenvalue weighted by molar-refractivity contribution is -0.122. The highest BCUT2D eigenvalue weighted by Gasteiger charge is 2.41. The standard InChI is InChI=1S/C22H25N5O/c1-12-7-20(25-13(2)24-12)26-22(28)15-8-17-16-5-4-6-18-21(16)14(10-23-18)9-19(17)27(3)11-15/h4-7,10,15,17,19,23H,8-9,11H2,1-3H3,(H,24,25,26,28)/t15-,17?,19-/m1/s1. The Labute approximate surface area is 164 Å². The van der Waals surface area contributed by atoms with Gasteiger partial charge in [0.2, 0.25) is 5.91 Å². The van der Waals surface area contributed by atoms with Gasteiger partial charge in [0, 0.05) is 47.4 Å². The highest BCUT2D eigenvalue weighted by atomic mass is 16.2. The quantitative estimate of drug-likeness (QED) is 0.721. The maximum absolute atomic E-state index is 13.0. The summed E-state index contributed by atoms with van der Waals surface area (Å²) in [5.74, 6) is 1.64. The number of H-pyrrole nitrogens is 1. The van der Waals surface area contributed by atoms with Gasteiger partial charge in [-0.15, -0.1) is 0 Å². The summed E-state index contributed by atoms with van der Waals surface area (Å²) in [6.07, 6.45) is 4.06. The van der Waals surface area contributed by atoms with Crippen LogP contribution in [0.1, 0.15) is 35.0 Å². The number of likely N-dealkylation sites (tertiary alicyclic amines) is 1. The third kappa shape index (κ3) is 2.79. The Morgan fingerprint density at radius 1 is 1.29 bits per heavy atom. The second-order valence-corrected chi connectivity index (χ2v) is 8.26. The number of piperidine rings is 1. The lowest BCUT2D eigenvalue weighted by atomic mass is 9.72. The summed E-state index contributed by atoms with van der Waals surface area (Å²) >= 11 is 0. The van der Waals surface area contributed by atoms with Gasteiger partial charge in [0.25, 0.3) is 0 Å². The van der Waals surface area contributed by atoms with Crippen molar-refractivity contribution in [1.29, 1.82) is 0 Å². The third-order valence-corrected chi connectivity index (χ3v) is 6.31. The predicted molar refractivity (Wildman–Crippen MR) is 109 cm³/mol. The maximum Gasteiger partial charge on any atom is 0.229 e. The normalized spacial score (nSPS) is 24.2. The summed E-state index contributed by atoms with van der Waals surface area (Å²) in [5, 5.41) is 4.39. The minimum absolute atomic E-state index is 0.0508. The van der Waals surface area contributed by atoms with Gasteiger partial charge in [-0.1, -0.05) is 12.1 Å². The number of rotatable bonds is 2. The maximum atomic E-state index is 13.0. The number of carbonyl (C=O) groups is 1. The van der Waals surface area contributed by atoms with Crippen molar-refractivity contribution in [3.8, 4) is 0 Å². The van der Waals surface area contributed by atoms with E-state index in [0.717, 1.165) is 25.1 Å². The molecule has 0 radical (unpaired) electrons. The predicted octanol–water partition coefficient (Wildman–Crippen LogP) is 3.17. The SMILES string of the molecule is Cc1cc(NC(=O)[C@@H]2CC3c4cccc5[nH]cc(c45)C[C@H]3N(C)C2)nc(C)n1. The van der Waals surface area contributed by atoms with Crippen molar-refractivity contribution in [2.75, 3.05) is 18.9 Å². The van der Waals surface area contributed by atoms with E-state index in [9.17, 15) is 4.79 Å². The minimum Gasteiger partial charge on any atom is -0.361 e. The van der Waals surface area contributed by atoms with E-state index < -0.39 is 0 Å².